The fourth-order valence-electron chi connectivity index (χ4n) is 0.287. The summed E-state index contributed by atoms with van der Waals surface area (Å²) in [5.41, 5.74) is 0. The Bertz CT molecular complexity index is 118. The molecule has 0 bridgehead atoms. The quantitative estimate of drug-likeness (QED) is 0.314. The number of hydrogen-bond donors (Lipinski definition) is 0. The first-order chi connectivity index (χ1) is 2.89. The van der Waals surface area contributed by atoms with Crippen LogP contribution >= 0.6 is 0 Å². The van der Waals surface area contributed by atoms with Crippen molar-refractivity contribution in [3.8, 4) is 0 Å². The van der Waals surface area contributed by atoms with Gasteiger partial charge >= 0.3 is 23.1 Å². The van der Waals surface area contributed by atoms with Gasteiger partial charge in [-0.05, 0) is 12.5 Å². The van der Waals surface area contributed by atoms with Gasteiger partial charge in [-0.2, -0.15) is 0 Å². The smallest absolute Gasteiger partial charge is 1.00 e. The van der Waals surface area contributed by atoms with Crippen molar-refractivity contribution in [2.45, 2.75) is 0 Å². The number of rotatable bonds is 0. The van der Waals surface area contributed by atoms with Crippen molar-refractivity contribution in [3.63, 3.8) is 0 Å². The van der Waals surface area contributed by atoms with Gasteiger partial charge in [0.15, 0.2) is 0 Å². The molecule has 0 aliphatic carbocycles. The number of halogens is 1. The van der Waals surface area contributed by atoms with Gasteiger partial charge in [-0.25, -0.2) is 0 Å². The largest absolute Gasteiger partial charge is 2.00 e. The molecule has 0 unspecified atom stereocenters. The van der Waals surface area contributed by atoms with Crippen molar-refractivity contribution < 1.29 is 17.0 Å². The van der Waals surface area contributed by atoms with Crippen LogP contribution in [-0.4, -0.2) is 32.6 Å². The molecule has 0 amide bonds. The van der Waals surface area contributed by atoms with Gasteiger partial charge in [-0.1, -0.05) is 6.20 Å². The molecule has 1 heterocycles. The van der Waals surface area contributed by atoms with Crippen LogP contribution < -0.4 is 17.0 Å². The summed E-state index contributed by atoms with van der Waals surface area (Å²) in [6, 6.07) is 0. The van der Waals surface area contributed by atoms with E-state index in [0.717, 1.165) is 0 Å². The SMILES string of the molecule is [Br-].[CH2-]n1ccnc1.[Mg+2]. The summed E-state index contributed by atoms with van der Waals surface area (Å²) >= 11 is 0. The molecule has 0 saturated carbocycles. The summed E-state index contributed by atoms with van der Waals surface area (Å²) in [5.74, 6) is 0. The van der Waals surface area contributed by atoms with Crippen LogP contribution in [0.5, 0.6) is 0 Å². The van der Waals surface area contributed by atoms with E-state index in [-0.39, 0.29) is 40.0 Å². The first-order valence-electron chi connectivity index (χ1n) is 1.68. The second-order valence-corrected chi connectivity index (χ2v) is 1.08. The zero-order chi connectivity index (χ0) is 4.41. The number of hydrogen-bond acceptors (Lipinski definition) is 1. The normalized spacial score (nSPS) is 6.50. The Morgan fingerprint density at radius 3 is 2.25 bits per heavy atom. The van der Waals surface area contributed by atoms with Gasteiger partial charge in [-0.3, -0.25) is 0 Å². The Balaban J connectivity index is 0. The number of imidazole rings is 1. The first-order valence-corrected chi connectivity index (χ1v) is 1.68. The van der Waals surface area contributed by atoms with Crippen LogP contribution in [0.1, 0.15) is 0 Å². The van der Waals surface area contributed by atoms with E-state index in [9.17, 15) is 0 Å². The Kier molecular flexibility index (Phi) is 7.62. The van der Waals surface area contributed by atoms with E-state index in [1.807, 2.05) is 0 Å². The molecule has 0 aliphatic heterocycles. The Hall–Kier alpha value is 0.326. The van der Waals surface area contributed by atoms with Gasteiger partial charge in [0, 0.05) is 0 Å². The molecule has 4 heteroatoms. The van der Waals surface area contributed by atoms with E-state index in [1.54, 1.807) is 23.3 Å². The van der Waals surface area contributed by atoms with Crippen LogP contribution in [0.3, 0.4) is 0 Å². The van der Waals surface area contributed by atoms with Crippen molar-refractivity contribution in [3.05, 3.63) is 25.8 Å². The van der Waals surface area contributed by atoms with Crippen molar-refractivity contribution in [2.75, 3.05) is 0 Å². The second-order valence-electron chi connectivity index (χ2n) is 1.08. The second kappa shape index (κ2) is 5.46. The molecule has 0 aliphatic rings. The molecule has 0 atom stereocenters. The van der Waals surface area contributed by atoms with E-state index < -0.39 is 0 Å². The van der Waals surface area contributed by atoms with Crippen LogP contribution in [0.15, 0.2) is 18.7 Å². The first kappa shape index (κ1) is 11.2. The van der Waals surface area contributed by atoms with Crippen LogP contribution in [0.2, 0.25) is 0 Å². The maximum absolute atomic E-state index is 3.72. The monoisotopic (exact) mass is 184 g/mol. The minimum absolute atomic E-state index is 0. The third-order valence-corrected chi connectivity index (χ3v) is 0.559. The minimum Gasteiger partial charge on any atom is -1.00 e. The Morgan fingerprint density at radius 1 is 1.50 bits per heavy atom. The standard InChI is InChI=1S/C4H5N2.BrH.Mg/c1-6-3-2-5-4-6;;/h2-4H,1H2;1H;/q-1;;+2/p-1. The van der Waals surface area contributed by atoms with Gasteiger partial charge in [0.1, 0.15) is 0 Å². The third kappa shape index (κ3) is 3.34. The predicted octanol–water partition coefficient (Wildman–Crippen LogP) is -2.85. The van der Waals surface area contributed by atoms with Crippen LogP contribution in [0.25, 0.3) is 0 Å². The van der Waals surface area contributed by atoms with E-state index in [2.05, 4.69) is 12.0 Å². The maximum atomic E-state index is 3.72. The summed E-state index contributed by atoms with van der Waals surface area (Å²) in [6.45, 7) is 0. The van der Waals surface area contributed by atoms with E-state index in [1.165, 1.54) is 0 Å². The zero-order valence-electron chi connectivity index (χ0n) is 4.42. The molecular formula is C4H5BrMgN2. The van der Waals surface area contributed by atoms with E-state index in [4.69, 9.17) is 0 Å². The fraction of sp³-hybridized carbons (Fsp3) is 0. The third-order valence-electron chi connectivity index (χ3n) is 0.559. The van der Waals surface area contributed by atoms with Crippen molar-refractivity contribution in [1.82, 2.24) is 9.55 Å². The molecular weight excluding hydrogens is 180 g/mol. The van der Waals surface area contributed by atoms with Gasteiger partial charge < -0.3 is 26.5 Å². The molecule has 0 N–H and O–H groups in total. The average molecular weight is 185 g/mol. The van der Waals surface area contributed by atoms with Crippen molar-refractivity contribution in [2.24, 2.45) is 0 Å². The topological polar surface area (TPSA) is 17.8 Å². The average Bonchev–Trinajstić information content (AvgIpc) is 1.86. The minimum atomic E-state index is 0. The van der Waals surface area contributed by atoms with Crippen LogP contribution in [-0.2, 0) is 0 Å². The molecule has 0 spiro atoms. The summed E-state index contributed by atoms with van der Waals surface area (Å²) in [6.07, 6.45) is 5.10. The van der Waals surface area contributed by atoms with Crippen LogP contribution in [0.4, 0.5) is 0 Å². The number of nitrogens with zero attached hydrogens (tertiary/aromatic N) is 2. The van der Waals surface area contributed by atoms with Gasteiger partial charge in [0.25, 0.3) is 0 Å². The van der Waals surface area contributed by atoms with Gasteiger partial charge in [0.05, 0.1) is 0 Å². The molecule has 0 aromatic carbocycles. The molecule has 1 aromatic heterocycles. The van der Waals surface area contributed by atoms with Gasteiger partial charge in [0.2, 0.25) is 0 Å². The van der Waals surface area contributed by atoms with E-state index in [0.29, 0.717) is 0 Å². The predicted molar refractivity (Wildman–Crippen MR) is 28.7 cm³/mol. The molecule has 0 saturated heterocycles. The summed E-state index contributed by atoms with van der Waals surface area (Å²) in [4.78, 5) is 3.72. The molecule has 1 aromatic rings. The Morgan fingerprint density at radius 2 is 2.12 bits per heavy atom. The summed E-state index contributed by atoms with van der Waals surface area (Å²) < 4.78 is 1.64. The fourth-order valence-corrected chi connectivity index (χ4v) is 0.287. The Labute approximate surface area is 75.2 Å². The maximum Gasteiger partial charge on any atom is 2.00 e. The molecule has 0 fully saturated rings. The van der Waals surface area contributed by atoms with Crippen molar-refractivity contribution >= 4 is 23.1 Å². The van der Waals surface area contributed by atoms with Crippen LogP contribution in [0, 0.1) is 7.05 Å². The molecule has 0 radical (unpaired) electrons. The van der Waals surface area contributed by atoms with Crippen molar-refractivity contribution in [1.29, 1.82) is 0 Å². The van der Waals surface area contributed by atoms with E-state index >= 15 is 0 Å². The molecule has 8 heavy (non-hydrogen) atoms. The molecule has 40 valence electrons. The van der Waals surface area contributed by atoms with Gasteiger partial charge in [-0.15, -0.1) is 7.05 Å². The number of aromatic nitrogens is 2. The molecule has 1 rings (SSSR count). The zero-order valence-corrected chi connectivity index (χ0v) is 7.42. The molecule has 2 nitrogen and oxygen atoms in total. The summed E-state index contributed by atoms with van der Waals surface area (Å²) in [5, 5.41) is 0. The summed E-state index contributed by atoms with van der Waals surface area (Å²) in [7, 11) is 3.53.